The summed E-state index contributed by atoms with van der Waals surface area (Å²) < 4.78 is 24.4. The molecule has 110 valence electrons. The molecule has 1 saturated heterocycles. The van der Waals surface area contributed by atoms with Gasteiger partial charge in [0.2, 0.25) is 10.0 Å². The van der Waals surface area contributed by atoms with Crippen molar-refractivity contribution in [2.24, 2.45) is 0 Å². The summed E-state index contributed by atoms with van der Waals surface area (Å²) in [6, 6.07) is 0. The molecule has 2 amide bonds. The van der Waals surface area contributed by atoms with Gasteiger partial charge in [-0.3, -0.25) is 9.59 Å². The highest BCUT2D eigenvalue weighted by Crippen LogP contribution is 1.96. The summed E-state index contributed by atoms with van der Waals surface area (Å²) in [5.41, 5.74) is 0. The zero-order valence-electron chi connectivity index (χ0n) is 10.9. The molecule has 0 radical (unpaired) electrons. The minimum absolute atomic E-state index is 0.0835. The maximum Gasteiger partial charge on any atom is 0.311 e. The van der Waals surface area contributed by atoms with Crippen LogP contribution in [0.25, 0.3) is 0 Å². The number of amides is 2. The third-order valence-corrected chi connectivity index (χ3v) is 4.15. The summed E-state index contributed by atoms with van der Waals surface area (Å²) >= 11 is 0. The highest BCUT2D eigenvalue weighted by atomic mass is 32.2. The van der Waals surface area contributed by atoms with E-state index in [2.05, 4.69) is 15.4 Å². The lowest BCUT2D eigenvalue weighted by Crippen LogP contribution is -2.45. The summed E-state index contributed by atoms with van der Waals surface area (Å²) in [6.45, 7) is 2.42. The van der Waals surface area contributed by atoms with Crippen molar-refractivity contribution >= 4 is 21.8 Å². The molecular formula is C10H20N4O4S. The molecule has 0 aromatic carbocycles. The average molecular weight is 292 g/mol. The van der Waals surface area contributed by atoms with Gasteiger partial charge >= 0.3 is 11.8 Å². The first-order chi connectivity index (χ1) is 8.96. The van der Waals surface area contributed by atoms with Crippen molar-refractivity contribution in [3.63, 3.8) is 0 Å². The van der Waals surface area contributed by atoms with E-state index in [0.29, 0.717) is 19.6 Å². The topological polar surface area (TPSA) is 108 Å². The molecule has 0 unspecified atom stereocenters. The van der Waals surface area contributed by atoms with E-state index in [1.165, 1.54) is 11.9 Å². The number of nitrogens with one attached hydrogen (secondary N) is 3. The standard InChI is InChI=1S/C10H20N4O4S/c1-11-19(17,18)8-5-13-9(15)10(16)14-6-2-3-12-4-7-14/h11-12H,2-8H2,1H3,(H,13,15). The first kappa shape index (κ1) is 15.9. The largest absolute Gasteiger partial charge is 0.347 e. The molecular weight excluding hydrogens is 272 g/mol. The molecule has 9 heteroatoms. The summed E-state index contributed by atoms with van der Waals surface area (Å²) in [7, 11) is -2.07. The maximum absolute atomic E-state index is 11.8. The van der Waals surface area contributed by atoms with Crippen LogP contribution in [0.15, 0.2) is 0 Å². The Labute approximate surface area is 113 Å². The molecule has 0 saturated carbocycles. The minimum Gasteiger partial charge on any atom is -0.347 e. The second-order valence-corrected chi connectivity index (χ2v) is 6.22. The highest BCUT2D eigenvalue weighted by Gasteiger charge is 2.22. The van der Waals surface area contributed by atoms with E-state index < -0.39 is 21.8 Å². The van der Waals surface area contributed by atoms with Crippen LogP contribution in [0.1, 0.15) is 6.42 Å². The Balaban J connectivity index is 2.38. The van der Waals surface area contributed by atoms with Crippen LogP contribution < -0.4 is 15.4 Å². The number of sulfonamides is 1. The molecule has 0 bridgehead atoms. The molecule has 1 heterocycles. The third-order valence-electron chi connectivity index (χ3n) is 2.79. The Bertz CT molecular complexity index is 415. The second-order valence-electron chi connectivity index (χ2n) is 4.17. The number of nitrogens with zero attached hydrogens (tertiary/aromatic N) is 1. The molecule has 8 nitrogen and oxygen atoms in total. The molecule has 19 heavy (non-hydrogen) atoms. The molecule has 3 N–H and O–H groups in total. The molecule has 0 aromatic heterocycles. The quantitative estimate of drug-likeness (QED) is 0.495. The van der Waals surface area contributed by atoms with Crippen molar-refractivity contribution in [3.8, 4) is 0 Å². The fraction of sp³-hybridized carbons (Fsp3) is 0.800. The lowest BCUT2D eigenvalue weighted by Gasteiger charge is -2.19. The average Bonchev–Trinajstić information content (AvgIpc) is 2.66. The van der Waals surface area contributed by atoms with E-state index in [1.54, 1.807) is 0 Å². The lowest BCUT2D eigenvalue weighted by atomic mass is 10.3. The first-order valence-corrected chi connectivity index (χ1v) is 7.80. The summed E-state index contributed by atoms with van der Waals surface area (Å²) in [6.07, 6.45) is 0.799. The Kier molecular flexibility index (Phi) is 6.19. The van der Waals surface area contributed by atoms with Gasteiger partial charge in [0.15, 0.2) is 0 Å². The smallest absolute Gasteiger partial charge is 0.311 e. The van der Waals surface area contributed by atoms with E-state index >= 15 is 0 Å². The maximum atomic E-state index is 11.8. The van der Waals surface area contributed by atoms with E-state index in [1.807, 2.05) is 0 Å². The highest BCUT2D eigenvalue weighted by molar-refractivity contribution is 7.89. The molecule has 1 fully saturated rings. The van der Waals surface area contributed by atoms with E-state index in [9.17, 15) is 18.0 Å². The Morgan fingerprint density at radius 1 is 1.26 bits per heavy atom. The molecule has 0 aromatic rings. The van der Waals surface area contributed by atoms with Crippen molar-refractivity contribution in [1.29, 1.82) is 0 Å². The number of hydrogen-bond donors (Lipinski definition) is 3. The van der Waals surface area contributed by atoms with Crippen LogP contribution in [0.5, 0.6) is 0 Å². The molecule has 1 aliphatic heterocycles. The Morgan fingerprint density at radius 2 is 2.00 bits per heavy atom. The van der Waals surface area contributed by atoms with Gasteiger partial charge in [0.25, 0.3) is 0 Å². The number of carbonyl (C=O) groups is 2. The van der Waals surface area contributed by atoms with Gasteiger partial charge in [-0.15, -0.1) is 0 Å². The van der Waals surface area contributed by atoms with Crippen LogP contribution in [-0.4, -0.2) is 70.7 Å². The van der Waals surface area contributed by atoms with Crippen molar-refractivity contribution in [1.82, 2.24) is 20.3 Å². The van der Waals surface area contributed by atoms with Gasteiger partial charge < -0.3 is 15.5 Å². The molecule has 0 aliphatic carbocycles. The fourth-order valence-corrected chi connectivity index (χ4v) is 2.24. The van der Waals surface area contributed by atoms with Crippen LogP contribution in [0.4, 0.5) is 0 Å². The van der Waals surface area contributed by atoms with E-state index in [0.717, 1.165) is 13.0 Å². The lowest BCUT2D eigenvalue weighted by molar-refractivity contribution is -0.145. The van der Waals surface area contributed by atoms with Gasteiger partial charge in [-0.1, -0.05) is 0 Å². The Hall–Kier alpha value is -1.19. The third kappa shape index (κ3) is 5.53. The Morgan fingerprint density at radius 3 is 2.68 bits per heavy atom. The van der Waals surface area contributed by atoms with Gasteiger partial charge in [0, 0.05) is 26.2 Å². The number of hydrogen-bond acceptors (Lipinski definition) is 5. The van der Waals surface area contributed by atoms with Crippen LogP contribution in [-0.2, 0) is 19.6 Å². The van der Waals surface area contributed by atoms with Crippen molar-refractivity contribution in [2.45, 2.75) is 6.42 Å². The van der Waals surface area contributed by atoms with Crippen LogP contribution in [0.2, 0.25) is 0 Å². The van der Waals surface area contributed by atoms with Crippen LogP contribution in [0.3, 0.4) is 0 Å². The van der Waals surface area contributed by atoms with Crippen LogP contribution >= 0.6 is 0 Å². The van der Waals surface area contributed by atoms with E-state index in [4.69, 9.17) is 0 Å². The van der Waals surface area contributed by atoms with Gasteiger partial charge in [-0.2, -0.15) is 0 Å². The molecule has 1 rings (SSSR count). The summed E-state index contributed by atoms with van der Waals surface area (Å²) in [4.78, 5) is 24.9. The molecule has 0 spiro atoms. The van der Waals surface area contributed by atoms with Crippen molar-refractivity contribution in [2.75, 3.05) is 45.5 Å². The predicted octanol–water partition coefficient (Wildman–Crippen LogP) is -2.53. The van der Waals surface area contributed by atoms with Gasteiger partial charge in [-0.25, -0.2) is 13.1 Å². The van der Waals surface area contributed by atoms with Crippen LogP contribution in [0, 0.1) is 0 Å². The van der Waals surface area contributed by atoms with Gasteiger partial charge in [-0.05, 0) is 20.0 Å². The monoisotopic (exact) mass is 292 g/mol. The van der Waals surface area contributed by atoms with Gasteiger partial charge in [0.1, 0.15) is 0 Å². The van der Waals surface area contributed by atoms with E-state index in [-0.39, 0.29) is 12.3 Å². The summed E-state index contributed by atoms with van der Waals surface area (Å²) in [5.74, 6) is -1.61. The molecule has 1 aliphatic rings. The second kappa shape index (κ2) is 7.41. The zero-order chi connectivity index (χ0) is 14.3. The first-order valence-electron chi connectivity index (χ1n) is 6.15. The number of rotatable bonds is 4. The normalized spacial score (nSPS) is 16.8. The van der Waals surface area contributed by atoms with Crippen molar-refractivity contribution < 1.29 is 18.0 Å². The van der Waals surface area contributed by atoms with Gasteiger partial charge in [0.05, 0.1) is 5.75 Å². The molecule has 0 atom stereocenters. The fourth-order valence-electron chi connectivity index (χ4n) is 1.67. The predicted molar refractivity (Wildman–Crippen MR) is 69.9 cm³/mol. The number of carbonyl (C=O) groups excluding carboxylic acids is 2. The SMILES string of the molecule is CNS(=O)(=O)CCNC(=O)C(=O)N1CCCNCC1. The van der Waals surface area contributed by atoms with Crippen molar-refractivity contribution in [3.05, 3.63) is 0 Å². The minimum atomic E-state index is -3.37. The zero-order valence-corrected chi connectivity index (χ0v) is 11.8. The summed E-state index contributed by atoms with van der Waals surface area (Å²) in [5, 5.41) is 5.45.